The van der Waals surface area contributed by atoms with E-state index in [4.69, 9.17) is 28.1 Å². The van der Waals surface area contributed by atoms with Crippen molar-refractivity contribution in [2.45, 2.75) is 81.6 Å². The molecule has 7 N–H and O–H groups in total. The Morgan fingerprint density at radius 3 is 2.08 bits per heavy atom. The van der Waals surface area contributed by atoms with Crippen LogP contribution in [0.4, 0.5) is 0 Å². The van der Waals surface area contributed by atoms with Crippen molar-refractivity contribution in [2.75, 3.05) is 6.61 Å². The van der Waals surface area contributed by atoms with Gasteiger partial charge in [0.15, 0.2) is 24.8 Å². The van der Waals surface area contributed by atoms with E-state index in [1.54, 1.807) is 4.72 Å². The zero-order valence-electron chi connectivity index (χ0n) is 19.4. The van der Waals surface area contributed by atoms with Gasteiger partial charge in [-0.1, -0.05) is 0 Å². The molecule has 0 radical (unpaired) electrons. The second-order valence-corrected chi connectivity index (χ2v) is 11.6. The van der Waals surface area contributed by atoms with Crippen LogP contribution in [0.3, 0.4) is 0 Å². The molecule has 2 aliphatic heterocycles. The number of hydrogen-bond donors (Lipinski definition) is 7. The predicted octanol–water partition coefficient (Wildman–Crippen LogP) is -3.79. The maximum absolute atomic E-state index is 11.8. The highest BCUT2D eigenvalue weighted by Gasteiger charge is 2.54. The Morgan fingerprint density at radius 2 is 1.61 bits per heavy atom. The normalized spacial score (nSPS) is 35.3. The largest absolute Gasteiger partial charge is 0.479 e. The molecule has 0 bridgehead atoms. The van der Waals surface area contributed by atoms with Crippen LogP contribution >= 0.6 is 0 Å². The van der Waals surface area contributed by atoms with Crippen molar-refractivity contribution in [1.29, 1.82) is 0 Å². The summed E-state index contributed by atoms with van der Waals surface area (Å²) in [5.41, 5.74) is 0. The van der Waals surface area contributed by atoms with E-state index in [0.717, 1.165) is 0 Å². The topological polar surface area (TPSA) is 308 Å². The van der Waals surface area contributed by atoms with Gasteiger partial charge in [-0.15, -0.1) is 0 Å². The average Bonchev–Trinajstić information content (AvgIpc) is 2.70. The first-order valence-corrected chi connectivity index (χ1v) is 14.6. The van der Waals surface area contributed by atoms with Crippen LogP contribution in [0.1, 0.15) is 20.3 Å². The van der Waals surface area contributed by atoms with Crippen molar-refractivity contribution in [3.8, 4) is 0 Å². The standard InChI is InChI=1S/C15H27NO19S3/c1-5(2)31-10-9(17)11(35-38(27,28)29)15(34-12(10)13(18)19)33-7-3-6(16-36(21,22)23)14(20)32-8(7)4-30-37(24,25)26/h5-12,14-17,20H,3-4H2,1-2H3,(H,18,19)(H,21,22,23)(H,24,25,26)(H,27,28,29). The molecule has 0 spiro atoms. The van der Waals surface area contributed by atoms with Crippen molar-refractivity contribution < 1.29 is 86.3 Å². The lowest BCUT2D eigenvalue weighted by atomic mass is 9.97. The number of carbonyl (C=O) groups is 1. The predicted molar refractivity (Wildman–Crippen MR) is 115 cm³/mol. The maximum Gasteiger partial charge on any atom is 0.397 e. The van der Waals surface area contributed by atoms with E-state index in [-0.39, 0.29) is 0 Å². The van der Waals surface area contributed by atoms with Gasteiger partial charge in [0.05, 0.1) is 24.9 Å². The number of aliphatic carboxylic acids is 1. The van der Waals surface area contributed by atoms with Crippen LogP contribution in [0.2, 0.25) is 0 Å². The molecular formula is C15H27NO19S3. The zero-order chi connectivity index (χ0) is 29.2. The third-order valence-corrected chi connectivity index (χ3v) is 6.48. The molecule has 224 valence electrons. The number of ether oxygens (including phenoxy) is 4. The molecule has 9 unspecified atom stereocenters. The minimum atomic E-state index is -5.36. The molecular weight excluding hydrogens is 594 g/mol. The number of aliphatic hydroxyl groups excluding tert-OH is 2. The first-order valence-electron chi connectivity index (χ1n) is 10.4. The lowest BCUT2D eigenvalue weighted by molar-refractivity contribution is -0.328. The summed E-state index contributed by atoms with van der Waals surface area (Å²) in [6, 6.07) is -1.70. The Balaban J connectivity index is 2.44. The molecule has 0 saturated carbocycles. The van der Waals surface area contributed by atoms with Gasteiger partial charge in [0.1, 0.15) is 18.3 Å². The lowest BCUT2D eigenvalue weighted by Crippen LogP contribution is -2.64. The highest BCUT2D eigenvalue weighted by Crippen LogP contribution is 2.32. The highest BCUT2D eigenvalue weighted by molar-refractivity contribution is 7.83. The third-order valence-electron chi connectivity index (χ3n) is 4.98. The van der Waals surface area contributed by atoms with Gasteiger partial charge in [-0.3, -0.25) is 13.7 Å². The minimum Gasteiger partial charge on any atom is -0.479 e. The maximum atomic E-state index is 11.8. The van der Waals surface area contributed by atoms with Crippen molar-refractivity contribution in [2.24, 2.45) is 0 Å². The van der Waals surface area contributed by atoms with Crippen LogP contribution in [0.25, 0.3) is 0 Å². The summed E-state index contributed by atoms with van der Waals surface area (Å²) < 4.78 is 126. The number of rotatable bonds is 12. The van der Waals surface area contributed by atoms with Gasteiger partial charge in [0.2, 0.25) is 0 Å². The van der Waals surface area contributed by atoms with Gasteiger partial charge in [-0.05, 0) is 20.3 Å². The van der Waals surface area contributed by atoms with Gasteiger partial charge in [-0.2, -0.15) is 30.0 Å². The molecule has 0 aliphatic carbocycles. The van der Waals surface area contributed by atoms with Crippen molar-refractivity contribution in [3.05, 3.63) is 0 Å². The molecule has 0 aromatic carbocycles. The van der Waals surface area contributed by atoms with Crippen LogP contribution in [0.5, 0.6) is 0 Å². The van der Waals surface area contributed by atoms with Gasteiger partial charge in [-0.25, -0.2) is 13.2 Å². The van der Waals surface area contributed by atoms with Crippen LogP contribution < -0.4 is 4.72 Å². The van der Waals surface area contributed by atoms with Gasteiger partial charge >= 0.3 is 37.1 Å². The van der Waals surface area contributed by atoms with Gasteiger partial charge < -0.3 is 34.3 Å². The summed E-state index contributed by atoms with van der Waals surface area (Å²) in [6.45, 7) is 1.79. The zero-order valence-corrected chi connectivity index (χ0v) is 21.9. The van der Waals surface area contributed by atoms with Crippen molar-refractivity contribution in [1.82, 2.24) is 4.72 Å². The first-order chi connectivity index (χ1) is 17.2. The minimum absolute atomic E-state index is 0.710. The second kappa shape index (κ2) is 12.6. The Hall–Kier alpha value is -1.16. The molecule has 38 heavy (non-hydrogen) atoms. The van der Waals surface area contributed by atoms with E-state index in [2.05, 4.69) is 8.37 Å². The van der Waals surface area contributed by atoms with Crippen LogP contribution in [-0.2, 0) is 63.2 Å². The summed E-state index contributed by atoms with van der Waals surface area (Å²) in [5, 5.41) is 30.3. The van der Waals surface area contributed by atoms with E-state index in [0.29, 0.717) is 0 Å². The molecule has 0 aromatic rings. The summed E-state index contributed by atoms with van der Waals surface area (Å²) in [4.78, 5) is 11.8. The Kier molecular flexibility index (Phi) is 10.9. The monoisotopic (exact) mass is 621 g/mol. The molecule has 0 aromatic heterocycles. The van der Waals surface area contributed by atoms with Crippen LogP contribution in [0, 0.1) is 0 Å². The summed E-state index contributed by atoms with van der Waals surface area (Å²) in [6.07, 6.45) is -17.3. The Morgan fingerprint density at radius 1 is 1.00 bits per heavy atom. The molecule has 23 heteroatoms. The molecule has 2 rings (SSSR count). The van der Waals surface area contributed by atoms with Crippen molar-refractivity contribution >= 4 is 37.1 Å². The Bertz CT molecular complexity index is 1140. The van der Waals surface area contributed by atoms with E-state index < -0.39 is 111 Å². The van der Waals surface area contributed by atoms with Gasteiger partial charge in [0, 0.05) is 0 Å². The quantitative estimate of drug-likeness (QED) is 0.103. The number of nitrogens with one attached hydrogen (secondary N) is 1. The fourth-order valence-corrected chi connectivity index (χ4v) is 5.02. The van der Waals surface area contributed by atoms with Crippen LogP contribution in [0.15, 0.2) is 0 Å². The molecule has 2 aliphatic rings. The Labute approximate surface area is 216 Å². The number of hydrogen-bond acceptors (Lipinski definition) is 15. The van der Waals surface area contributed by atoms with Gasteiger partial charge in [0.25, 0.3) is 0 Å². The third kappa shape index (κ3) is 10.1. The number of carboxylic acids is 1. The van der Waals surface area contributed by atoms with Crippen LogP contribution in [-0.4, -0.2) is 128 Å². The fraction of sp³-hybridized carbons (Fsp3) is 0.933. The number of aliphatic hydroxyl groups is 2. The lowest BCUT2D eigenvalue weighted by Gasteiger charge is -2.45. The summed E-state index contributed by atoms with van der Waals surface area (Å²) >= 11 is 0. The highest BCUT2D eigenvalue weighted by atomic mass is 32.3. The van der Waals surface area contributed by atoms with E-state index >= 15 is 0 Å². The van der Waals surface area contributed by atoms with E-state index in [1.807, 2.05) is 0 Å². The van der Waals surface area contributed by atoms with E-state index in [1.165, 1.54) is 13.8 Å². The summed E-state index contributed by atoms with van der Waals surface area (Å²) in [7, 11) is -15.4. The second-order valence-electron chi connectivity index (χ2n) is 8.28. The van der Waals surface area contributed by atoms with Crippen molar-refractivity contribution in [3.63, 3.8) is 0 Å². The number of carboxylic acid groups (broad SMARTS) is 1. The smallest absolute Gasteiger partial charge is 0.397 e. The molecule has 2 heterocycles. The molecule has 0 amide bonds. The summed E-state index contributed by atoms with van der Waals surface area (Å²) in [5.74, 6) is -1.72. The van der Waals surface area contributed by atoms with E-state index in [9.17, 15) is 49.9 Å². The molecule has 9 atom stereocenters. The fourth-order valence-electron chi connectivity index (χ4n) is 3.64. The first kappa shape index (κ1) is 33.0. The SMILES string of the molecule is CC(C)OC1C(C(=O)O)OC(OC2CC(NS(=O)(=O)O)C(O)OC2COS(=O)(=O)O)C(OS(=O)(=O)O)C1O. The molecule has 2 saturated heterocycles. The average molecular weight is 622 g/mol. The molecule has 2 fully saturated rings. The molecule has 20 nitrogen and oxygen atoms in total.